The first-order valence-corrected chi connectivity index (χ1v) is 13.2. The van der Waals surface area contributed by atoms with Gasteiger partial charge in [0.25, 0.3) is 0 Å². The third-order valence-corrected chi connectivity index (χ3v) is 9.63. The van der Waals surface area contributed by atoms with E-state index < -0.39 is 6.16 Å². The molecule has 198 valence electrons. The van der Waals surface area contributed by atoms with E-state index in [0.717, 1.165) is 44.1 Å². The lowest BCUT2D eigenvalue weighted by Gasteiger charge is -2.55. The molecule has 0 aromatic heterocycles. The molecule has 0 amide bonds. The summed E-state index contributed by atoms with van der Waals surface area (Å²) < 4.78 is 16.5. The summed E-state index contributed by atoms with van der Waals surface area (Å²) in [6.07, 6.45) is 9.19. The van der Waals surface area contributed by atoms with E-state index in [1.54, 1.807) is 12.7 Å². The van der Waals surface area contributed by atoms with Gasteiger partial charge < -0.3 is 14.2 Å². The van der Waals surface area contributed by atoms with Crippen LogP contribution in [-0.2, 0) is 23.8 Å². The van der Waals surface area contributed by atoms with Crippen molar-refractivity contribution in [2.75, 3.05) is 27.9 Å². The minimum atomic E-state index is -0.848. The largest absolute Gasteiger partial charge is 0.534 e. The Hall–Kier alpha value is -2.77. The molecule has 0 saturated heterocycles. The summed E-state index contributed by atoms with van der Waals surface area (Å²) in [5.74, 6) is 1.50. The number of methoxy groups -OCH3 is 3. The van der Waals surface area contributed by atoms with Crippen LogP contribution in [0.2, 0.25) is 0 Å². The van der Waals surface area contributed by atoms with Gasteiger partial charge in [0.15, 0.2) is 5.78 Å². The molecular weight excluding hydrogens is 470 g/mol. The molecule has 2 saturated carbocycles. The van der Waals surface area contributed by atoms with Gasteiger partial charge >= 0.3 is 6.16 Å². The van der Waals surface area contributed by atoms with E-state index in [1.165, 1.54) is 30.0 Å². The van der Waals surface area contributed by atoms with Crippen LogP contribution in [0, 0.1) is 17.3 Å². The maximum Gasteiger partial charge on any atom is 0.534 e. The highest BCUT2D eigenvalue weighted by molar-refractivity contribution is 5.93. The van der Waals surface area contributed by atoms with Gasteiger partial charge in [0.2, 0.25) is 0 Å². The number of carbonyl (C=O) groups excluding carboxylic acids is 2. The third-order valence-electron chi connectivity index (χ3n) is 9.63. The number of rotatable bonds is 6. The summed E-state index contributed by atoms with van der Waals surface area (Å²) in [6, 6.07) is 8.32. The number of benzene rings is 1. The number of ether oxygens (including phenoxy) is 3. The predicted octanol–water partition coefficient (Wildman–Crippen LogP) is 5.73. The molecule has 4 aliphatic rings. The van der Waals surface area contributed by atoms with Crippen molar-refractivity contribution >= 4 is 18.2 Å². The van der Waals surface area contributed by atoms with Crippen molar-refractivity contribution < 1.29 is 28.6 Å². The van der Waals surface area contributed by atoms with Crippen LogP contribution >= 0.6 is 0 Å². The zero-order valence-electron chi connectivity index (χ0n) is 22.2. The van der Waals surface area contributed by atoms with Gasteiger partial charge in [-0.2, -0.15) is 0 Å². The molecule has 37 heavy (non-hydrogen) atoms. The third kappa shape index (κ3) is 4.36. The Balaban J connectivity index is 1.56. The molecule has 1 aromatic rings. The molecule has 7 heteroatoms. The van der Waals surface area contributed by atoms with Crippen LogP contribution in [0.25, 0.3) is 0 Å². The Labute approximate surface area is 218 Å². The molecule has 0 unspecified atom stereocenters. The Bertz CT molecular complexity index is 1150. The Morgan fingerprint density at radius 2 is 1.89 bits per heavy atom. The summed E-state index contributed by atoms with van der Waals surface area (Å²) in [5, 5.41) is 3.71. The normalized spacial score (nSPS) is 33.0. The first-order chi connectivity index (χ1) is 17.9. The van der Waals surface area contributed by atoms with E-state index in [1.807, 2.05) is 25.3 Å². The molecule has 0 spiro atoms. The number of fused-ring (bicyclic) bond motifs is 4. The van der Waals surface area contributed by atoms with Gasteiger partial charge in [-0.3, -0.25) is 9.63 Å². The van der Waals surface area contributed by atoms with E-state index in [4.69, 9.17) is 9.47 Å². The van der Waals surface area contributed by atoms with Crippen LogP contribution in [0.3, 0.4) is 0 Å². The molecule has 2 fully saturated rings. The van der Waals surface area contributed by atoms with Crippen LogP contribution in [-0.4, -0.2) is 51.7 Å². The second-order valence-corrected chi connectivity index (χ2v) is 11.1. The van der Waals surface area contributed by atoms with E-state index in [-0.39, 0.29) is 22.7 Å². The lowest BCUT2D eigenvalue weighted by Crippen LogP contribution is -2.54. The van der Waals surface area contributed by atoms with Crippen molar-refractivity contribution in [3.8, 4) is 0 Å². The minimum absolute atomic E-state index is 0.0304. The molecule has 0 heterocycles. The van der Waals surface area contributed by atoms with Crippen LogP contribution in [0.5, 0.6) is 0 Å². The van der Waals surface area contributed by atoms with E-state index in [9.17, 15) is 9.59 Å². The molecule has 4 aliphatic carbocycles. The van der Waals surface area contributed by atoms with Crippen LogP contribution in [0.1, 0.15) is 68.9 Å². The van der Waals surface area contributed by atoms with Gasteiger partial charge in [0.05, 0.1) is 25.5 Å². The van der Waals surface area contributed by atoms with Gasteiger partial charge in [0.1, 0.15) is 0 Å². The molecule has 0 aliphatic heterocycles. The first kappa shape index (κ1) is 25.9. The van der Waals surface area contributed by atoms with Gasteiger partial charge in [-0.1, -0.05) is 41.9 Å². The smallest absolute Gasteiger partial charge is 0.436 e. The average molecular weight is 508 g/mol. The summed E-state index contributed by atoms with van der Waals surface area (Å²) in [4.78, 5) is 28.1. The highest BCUT2D eigenvalue weighted by atomic mass is 16.8. The molecule has 1 aromatic carbocycles. The number of ketones is 1. The summed E-state index contributed by atoms with van der Waals surface area (Å²) in [7, 11) is 4.86. The van der Waals surface area contributed by atoms with E-state index in [0.29, 0.717) is 24.9 Å². The zero-order chi connectivity index (χ0) is 26.2. The maximum absolute atomic E-state index is 12.3. The fraction of sp³-hybridized carbons (Fsp3) is 0.567. The summed E-state index contributed by atoms with van der Waals surface area (Å²) >= 11 is 0. The minimum Gasteiger partial charge on any atom is -0.436 e. The monoisotopic (exact) mass is 507 g/mol. The lowest BCUT2D eigenvalue weighted by molar-refractivity contribution is -0.149. The van der Waals surface area contributed by atoms with Crippen molar-refractivity contribution in [1.82, 2.24) is 0 Å². The van der Waals surface area contributed by atoms with Gasteiger partial charge in [-0.15, -0.1) is 0 Å². The second-order valence-electron chi connectivity index (χ2n) is 11.1. The highest BCUT2D eigenvalue weighted by Gasteiger charge is 2.63. The molecular formula is C30H37NO6. The van der Waals surface area contributed by atoms with Crippen LogP contribution in [0.15, 0.2) is 52.2 Å². The second kappa shape index (κ2) is 10.2. The Morgan fingerprint density at radius 1 is 1.11 bits per heavy atom. The predicted molar refractivity (Wildman–Crippen MR) is 139 cm³/mol. The quantitative estimate of drug-likeness (QED) is 0.211. The number of nitrogens with zero attached hydrogens (tertiary/aromatic N) is 1. The van der Waals surface area contributed by atoms with E-state index >= 15 is 0 Å². The Morgan fingerprint density at radius 3 is 2.59 bits per heavy atom. The van der Waals surface area contributed by atoms with Crippen molar-refractivity contribution in [3.63, 3.8) is 0 Å². The van der Waals surface area contributed by atoms with Crippen molar-refractivity contribution in [2.24, 2.45) is 22.4 Å². The molecule has 0 radical (unpaired) electrons. The number of oxime groups is 1. The summed E-state index contributed by atoms with van der Waals surface area (Å²) in [6.45, 7) is 3.01. The van der Waals surface area contributed by atoms with Crippen molar-refractivity contribution in [2.45, 2.75) is 63.4 Å². The fourth-order valence-corrected chi connectivity index (χ4v) is 7.88. The van der Waals surface area contributed by atoms with Crippen molar-refractivity contribution in [1.29, 1.82) is 0 Å². The molecule has 0 N–H and O–H groups in total. The average Bonchev–Trinajstić information content (AvgIpc) is 3.20. The number of allylic oxidation sites excluding steroid dienone is 4. The standard InChI is InChI=1S/C30H37NO6/c1-29-16-25(20-7-5-19(6-8-20)17-31-37-28(33)35-3)27-23-12-10-22(32)15-21(23)9-11-24(27)26(29)13-14-30(29,36-4)18-34-2/h5-8,15,17,24-26H,9-14,16,18H2,1-4H3/t24-,25+,26-,29-,30+/m0/s1. The summed E-state index contributed by atoms with van der Waals surface area (Å²) in [5.41, 5.74) is 5.99. The molecule has 5 rings (SSSR count). The topological polar surface area (TPSA) is 83.4 Å². The van der Waals surface area contributed by atoms with Gasteiger partial charge in [0, 0.05) is 32.0 Å². The molecule has 0 bridgehead atoms. The van der Waals surface area contributed by atoms with Crippen molar-refractivity contribution in [3.05, 3.63) is 58.2 Å². The van der Waals surface area contributed by atoms with E-state index in [2.05, 4.69) is 33.8 Å². The number of carbonyl (C=O) groups is 2. The van der Waals surface area contributed by atoms with Gasteiger partial charge in [-0.05, 0) is 78.7 Å². The zero-order valence-corrected chi connectivity index (χ0v) is 22.2. The Kier molecular flexibility index (Phi) is 7.12. The molecule has 7 nitrogen and oxygen atoms in total. The van der Waals surface area contributed by atoms with Crippen LogP contribution < -0.4 is 0 Å². The molecule has 5 atom stereocenters. The van der Waals surface area contributed by atoms with Crippen LogP contribution in [0.4, 0.5) is 4.79 Å². The SMILES string of the molecule is COC[C@]1(OC)CC[C@H]2[C@@H]3CCC4=CC(=O)CCC4=C3[C@@H](c3ccc(C=NOC(=O)OC)cc3)C[C@@]21C. The number of hydrogen-bond donors (Lipinski definition) is 0. The number of hydrogen-bond acceptors (Lipinski definition) is 7. The maximum atomic E-state index is 12.3. The van der Waals surface area contributed by atoms with Gasteiger partial charge in [-0.25, -0.2) is 4.79 Å². The highest BCUT2D eigenvalue weighted by Crippen LogP contribution is 2.67. The lowest BCUT2D eigenvalue weighted by atomic mass is 9.51. The first-order valence-electron chi connectivity index (χ1n) is 13.2. The fourth-order valence-electron chi connectivity index (χ4n) is 7.88.